The van der Waals surface area contributed by atoms with E-state index in [0.29, 0.717) is 17.8 Å². The summed E-state index contributed by atoms with van der Waals surface area (Å²) in [5, 5.41) is 4.70. The Morgan fingerprint density at radius 1 is 1.03 bits per heavy atom. The average Bonchev–Trinajstić information content (AvgIpc) is 2.93. The zero-order valence-electron chi connectivity index (χ0n) is 18.2. The van der Waals surface area contributed by atoms with E-state index in [1.54, 1.807) is 6.08 Å². The molecule has 0 saturated carbocycles. The Morgan fingerprint density at radius 2 is 1.76 bits per heavy atom. The van der Waals surface area contributed by atoms with E-state index in [-0.39, 0.29) is 19.1 Å². The first-order valence-electron chi connectivity index (χ1n) is 10.7. The number of nitrogens with one attached hydrogen (secondary N) is 1. The van der Waals surface area contributed by atoms with E-state index < -0.39 is 11.7 Å². The molecule has 33 heavy (non-hydrogen) atoms. The summed E-state index contributed by atoms with van der Waals surface area (Å²) in [6, 6.07) is 11.0. The SMILES string of the molecule is Cl.Cn1c2c(c3ccc(N4CC=C(c5ccc(C(F)(F)F)cc5)[N+](=O)C4)cc31)CCNCC2. The van der Waals surface area contributed by atoms with Crippen LogP contribution in [0.2, 0.25) is 0 Å². The molecule has 5 rings (SSSR count). The molecule has 9 heteroatoms. The number of benzene rings is 2. The lowest BCUT2D eigenvalue weighted by Crippen LogP contribution is -2.35. The van der Waals surface area contributed by atoms with Crippen molar-refractivity contribution in [2.75, 3.05) is 31.2 Å². The molecule has 0 aliphatic carbocycles. The van der Waals surface area contributed by atoms with Crippen molar-refractivity contribution < 1.29 is 17.9 Å². The number of halogens is 4. The standard InChI is InChI=1S/C24H24F3N4O.ClH/c1-29-22-9-12-28-11-8-20(22)19-7-6-18(14-23(19)29)30-13-10-21(31(32)15-30)16-2-4-17(5-3-16)24(25,26)27;/h2-7,10,14,28H,8-9,11-13,15H2,1H3;1H/q+1;. The summed E-state index contributed by atoms with van der Waals surface area (Å²) in [5.74, 6) is 0. The quantitative estimate of drug-likeness (QED) is 0.533. The summed E-state index contributed by atoms with van der Waals surface area (Å²) in [6.07, 6.45) is -0.622. The van der Waals surface area contributed by atoms with Gasteiger partial charge in [0.05, 0.1) is 21.4 Å². The van der Waals surface area contributed by atoms with Crippen LogP contribution in [0.1, 0.15) is 22.4 Å². The highest BCUT2D eigenvalue weighted by molar-refractivity contribution is 5.88. The van der Waals surface area contributed by atoms with Gasteiger partial charge in [-0.25, -0.2) is 0 Å². The van der Waals surface area contributed by atoms with Crippen molar-refractivity contribution in [1.82, 2.24) is 9.88 Å². The highest BCUT2D eigenvalue weighted by Gasteiger charge is 2.32. The normalized spacial score (nSPS) is 16.8. The van der Waals surface area contributed by atoms with Crippen LogP contribution in [0.4, 0.5) is 18.9 Å². The molecule has 0 radical (unpaired) electrons. The zero-order valence-corrected chi connectivity index (χ0v) is 19.0. The minimum Gasteiger partial charge on any atom is -0.347 e. The van der Waals surface area contributed by atoms with Gasteiger partial charge in [0.2, 0.25) is 0 Å². The first kappa shape index (κ1) is 23.3. The molecular formula is C24H25ClF3N4O+. The molecule has 2 aromatic carbocycles. The van der Waals surface area contributed by atoms with Crippen molar-refractivity contribution in [2.45, 2.75) is 19.0 Å². The average molecular weight is 478 g/mol. The Bertz CT molecular complexity index is 1230. The van der Waals surface area contributed by atoms with E-state index in [9.17, 15) is 18.1 Å². The number of anilines is 1. The first-order chi connectivity index (χ1) is 15.3. The van der Waals surface area contributed by atoms with Gasteiger partial charge in [0.25, 0.3) is 12.4 Å². The number of aromatic nitrogens is 1. The number of nitroso groups, excluding NO2 is 1. The van der Waals surface area contributed by atoms with Gasteiger partial charge in [0.15, 0.2) is 0 Å². The highest BCUT2D eigenvalue weighted by Crippen LogP contribution is 2.33. The van der Waals surface area contributed by atoms with Crippen LogP contribution in [0.15, 0.2) is 48.5 Å². The van der Waals surface area contributed by atoms with Crippen LogP contribution < -0.4 is 10.2 Å². The maximum absolute atomic E-state index is 12.8. The van der Waals surface area contributed by atoms with Crippen LogP contribution in [0.25, 0.3) is 16.6 Å². The fourth-order valence-corrected chi connectivity index (χ4v) is 4.76. The number of hydrogen-bond donors (Lipinski definition) is 1. The number of nitrogens with zero attached hydrogens (tertiary/aromatic N) is 3. The highest BCUT2D eigenvalue weighted by atomic mass is 35.5. The molecule has 0 amide bonds. The van der Waals surface area contributed by atoms with Gasteiger partial charge in [-0.15, -0.1) is 12.4 Å². The zero-order chi connectivity index (χ0) is 22.5. The van der Waals surface area contributed by atoms with E-state index in [1.807, 2.05) is 11.0 Å². The van der Waals surface area contributed by atoms with E-state index >= 15 is 0 Å². The number of hydrogen-bond acceptors (Lipinski definition) is 3. The van der Waals surface area contributed by atoms with Gasteiger partial charge in [-0.2, -0.15) is 13.2 Å². The van der Waals surface area contributed by atoms with Crippen LogP contribution in [0.5, 0.6) is 0 Å². The minimum atomic E-state index is -4.39. The van der Waals surface area contributed by atoms with Gasteiger partial charge in [-0.05, 0) is 54.9 Å². The van der Waals surface area contributed by atoms with Crippen LogP contribution in [0, 0.1) is 4.91 Å². The predicted octanol–water partition coefficient (Wildman–Crippen LogP) is 4.90. The van der Waals surface area contributed by atoms with Gasteiger partial charge in [0, 0.05) is 54.3 Å². The largest absolute Gasteiger partial charge is 0.416 e. The topological polar surface area (TPSA) is 40.3 Å². The Morgan fingerprint density at radius 3 is 2.45 bits per heavy atom. The maximum Gasteiger partial charge on any atom is 0.416 e. The molecule has 0 unspecified atom stereocenters. The lowest BCUT2D eigenvalue weighted by atomic mass is 10.1. The smallest absolute Gasteiger partial charge is 0.347 e. The van der Waals surface area contributed by atoms with Gasteiger partial charge >= 0.3 is 6.18 Å². The van der Waals surface area contributed by atoms with Crippen molar-refractivity contribution in [3.05, 3.63) is 75.8 Å². The second-order valence-electron chi connectivity index (χ2n) is 8.34. The number of alkyl halides is 3. The summed E-state index contributed by atoms with van der Waals surface area (Å²) in [5.41, 5.74) is 5.03. The second kappa shape index (κ2) is 8.83. The van der Waals surface area contributed by atoms with Crippen molar-refractivity contribution in [3.63, 3.8) is 0 Å². The Kier molecular flexibility index (Phi) is 6.24. The predicted molar refractivity (Wildman–Crippen MR) is 126 cm³/mol. The van der Waals surface area contributed by atoms with Gasteiger partial charge in [-0.1, -0.05) is 6.07 Å². The van der Waals surface area contributed by atoms with Crippen LogP contribution in [-0.4, -0.2) is 35.6 Å². The molecule has 2 aliphatic heterocycles. The maximum atomic E-state index is 12.8. The van der Waals surface area contributed by atoms with Gasteiger partial charge < -0.3 is 14.8 Å². The van der Waals surface area contributed by atoms with E-state index in [4.69, 9.17) is 0 Å². The fourth-order valence-electron chi connectivity index (χ4n) is 4.76. The monoisotopic (exact) mass is 477 g/mol. The van der Waals surface area contributed by atoms with Crippen LogP contribution >= 0.6 is 12.4 Å². The summed E-state index contributed by atoms with van der Waals surface area (Å²) < 4.78 is 41.5. The number of rotatable bonds is 2. The van der Waals surface area contributed by atoms with Gasteiger partial charge in [-0.3, -0.25) is 0 Å². The molecule has 0 atom stereocenters. The molecule has 3 heterocycles. The van der Waals surface area contributed by atoms with Crippen LogP contribution in [0.3, 0.4) is 0 Å². The molecule has 0 fully saturated rings. The Labute approximate surface area is 195 Å². The van der Waals surface area contributed by atoms with Gasteiger partial charge in [0.1, 0.15) is 0 Å². The summed E-state index contributed by atoms with van der Waals surface area (Å²) in [7, 11) is 2.09. The molecule has 0 bridgehead atoms. The molecule has 5 nitrogen and oxygen atoms in total. The molecule has 0 saturated heterocycles. The van der Waals surface area contributed by atoms with Crippen molar-refractivity contribution >= 4 is 34.7 Å². The Hall–Kier alpha value is -2.84. The summed E-state index contributed by atoms with van der Waals surface area (Å²) in [6.45, 7) is 2.57. The first-order valence-corrected chi connectivity index (χ1v) is 10.7. The van der Waals surface area contributed by atoms with Crippen molar-refractivity contribution in [3.8, 4) is 0 Å². The third-order valence-electron chi connectivity index (χ3n) is 6.46. The van der Waals surface area contributed by atoms with E-state index in [0.717, 1.165) is 54.0 Å². The van der Waals surface area contributed by atoms with Crippen LogP contribution in [-0.2, 0) is 26.1 Å². The molecule has 1 aromatic heterocycles. The lowest BCUT2D eigenvalue weighted by Gasteiger charge is -2.22. The van der Waals surface area contributed by atoms with Crippen molar-refractivity contribution in [1.29, 1.82) is 0 Å². The molecule has 174 valence electrons. The molecule has 1 N–H and O–H groups in total. The molecular weight excluding hydrogens is 453 g/mol. The minimum absolute atomic E-state index is 0. The third-order valence-corrected chi connectivity index (χ3v) is 6.46. The fraction of sp³-hybridized carbons (Fsp3) is 0.333. The Balaban J connectivity index is 0.00000259. The summed E-state index contributed by atoms with van der Waals surface area (Å²) >= 11 is 0. The number of aryl methyl sites for hydroxylation is 1. The lowest BCUT2D eigenvalue weighted by molar-refractivity contribution is -0.456. The van der Waals surface area contributed by atoms with E-state index in [1.165, 1.54) is 28.8 Å². The molecule has 3 aromatic rings. The molecule has 0 spiro atoms. The van der Waals surface area contributed by atoms with E-state index in [2.05, 4.69) is 29.1 Å². The third kappa shape index (κ3) is 4.25. The summed E-state index contributed by atoms with van der Waals surface area (Å²) in [4.78, 5) is 14.7. The number of fused-ring (bicyclic) bond motifs is 3. The van der Waals surface area contributed by atoms with Crippen molar-refractivity contribution in [2.24, 2.45) is 7.05 Å². The second-order valence-corrected chi connectivity index (χ2v) is 8.34. The molecule has 2 aliphatic rings.